The Hall–Kier alpha value is -2.32. The zero-order valence-electron chi connectivity index (χ0n) is 14.2. The Morgan fingerprint density at radius 1 is 0.958 bits per heavy atom. The summed E-state index contributed by atoms with van der Waals surface area (Å²) in [7, 11) is 4.59. The number of methoxy groups -OCH3 is 3. The maximum Gasteiger partial charge on any atom is 0.251 e. The molecule has 1 aromatic carbocycles. The van der Waals surface area contributed by atoms with E-state index in [4.69, 9.17) is 18.9 Å². The van der Waals surface area contributed by atoms with Crippen LogP contribution in [0.1, 0.15) is 10.4 Å². The molecule has 0 saturated carbocycles. The quantitative estimate of drug-likeness (QED) is 0.559. The highest BCUT2D eigenvalue weighted by molar-refractivity contribution is 5.94. The van der Waals surface area contributed by atoms with Crippen LogP contribution in [0.2, 0.25) is 0 Å². The third kappa shape index (κ3) is 6.84. The number of carbonyl (C=O) groups is 2. The lowest BCUT2D eigenvalue weighted by Gasteiger charge is -2.10. The molecule has 0 bridgehead atoms. The lowest BCUT2D eigenvalue weighted by molar-refractivity contribution is -0.126. The van der Waals surface area contributed by atoms with E-state index in [-0.39, 0.29) is 18.4 Å². The summed E-state index contributed by atoms with van der Waals surface area (Å²) in [6, 6.07) is 4.89. The second-order valence-corrected chi connectivity index (χ2v) is 4.72. The molecular weight excluding hydrogens is 316 g/mol. The third-order valence-corrected chi connectivity index (χ3v) is 3.04. The largest absolute Gasteiger partial charge is 0.493 e. The van der Waals surface area contributed by atoms with Gasteiger partial charge in [-0.2, -0.15) is 0 Å². The number of ether oxygens (including phenoxy) is 4. The lowest BCUT2D eigenvalue weighted by Crippen LogP contribution is -2.36. The van der Waals surface area contributed by atoms with Gasteiger partial charge in [-0.3, -0.25) is 9.59 Å². The van der Waals surface area contributed by atoms with E-state index in [0.717, 1.165) is 0 Å². The summed E-state index contributed by atoms with van der Waals surface area (Å²) < 4.78 is 20.2. The van der Waals surface area contributed by atoms with Gasteiger partial charge in [0, 0.05) is 25.8 Å². The normalized spacial score (nSPS) is 10.1. The van der Waals surface area contributed by atoms with Gasteiger partial charge in [-0.25, -0.2) is 0 Å². The molecule has 0 fully saturated rings. The van der Waals surface area contributed by atoms with Crippen LogP contribution >= 0.6 is 0 Å². The van der Waals surface area contributed by atoms with Gasteiger partial charge in [-0.1, -0.05) is 0 Å². The molecule has 0 aromatic heterocycles. The van der Waals surface area contributed by atoms with Gasteiger partial charge in [0.25, 0.3) is 5.91 Å². The Labute approximate surface area is 141 Å². The molecule has 134 valence electrons. The molecule has 0 aliphatic heterocycles. The molecule has 0 heterocycles. The standard InChI is InChI=1S/C16H24N2O6/c1-21-8-9-24-11-15(19)17-6-7-18-16(20)12-4-5-13(22-2)14(10-12)23-3/h4-5,10H,6-9,11H2,1-3H3,(H,17,19)(H,18,20). The zero-order valence-corrected chi connectivity index (χ0v) is 14.2. The lowest BCUT2D eigenvalue weighted by atomic mass is 10.2. The van der Waals surface area contributed by atoms with Gasteiger partial charge in [-0.15, -0.1) is 0 Å². The summed E-state index contributed by atoms with van der Waals surface area (Å²) in [5, 5.41) is 5.35. The molecule has 1 rings (SSSR count). The Morgan fingerprint density at radius 3 is 2.33 bits per heavy atom. The maximum atomic E-state index is 12.0. The number of amides is 2. The van der Waals surface area contributed by atoms with Crippen LogP contribution in [0.15, 0.2) is 18.2 Å². The minimum absolute atomic E-state index is 0.0347. The van der Waals surface area contributed by atoms with E-state index in [1.54, 1.807) is 25.3 Å². The van der Waals surface area contributed by atoms with Crippen LogP contribution in [0.25, 0.3) is 0 Å². The molecule has 0 aliphatic carbocycles. The molecule has 0 radical (unpaired) electrons. The van der Waals surface area contributed by atoms with E-state index in [9.17, 15) is 9.59 Å². The fourth-order valence-corrected chi connectivity index (χ4v) is 1.82. The molecule has 0 atom stereocenters. The zero-order chi connectivity index (χ0) is 17.8. The molecule has 0 aliphatic rings. The van der Waals surface area contributed by atoms with Gasteiger partial charge in [-0.05, 0) is 18.2 Å². The highest BCUT2D eigenvalue weighted by atomic mass is 16.5. The monoisotopic (exact) mass is 340 g/mol. The summed E-state index contributed by atoms with van der Waals surface area (Å²) >= 11 is 0. The number of nitrogens with one attached hydrogen (secondary N) is 2. The van der Waals surface area contributed by atoms with Gasteiger partial charge in [0.2, 0.25) is 5.91 Å². The van der Waals surface area contributed by atoms with Crippen LogP contribution < -0.4 is 20.1 Å². The third-order valence-electron chi connectivity index (χ3n) is 3.04. The van der Waals surface area contributed by atoms with Gasteiger partial charge < -0.3 is 29.6 Å². The highest BCUT2D eigenvalue weighted by Crippen LogP contribution is 2.27. The van der Waals surface area contributed by atoms with Crippen molar-refractivity contribution in [3.8, 4) is 11.5 Å². The fourth-order valence-electron chi connectivity index (χ4n) is 1.82. The number of rotatable bonds is 11. The van der Waals surface area contributed by atoms with Crippen molar-refractivity contribution >= 4 is 11.8 Å². The second kappa shape index (κ2) is 11.3. The number of hydrogen-bond donors (Lipinski definition) is 2. The molecular formula is C16H24N2O6. The molecule has 0 spiro atoms. The van der Waals surface area contributed by atoms with E-state index in [1.807, 2.05) is 0 Å². The Morgan fingerprint density at radius 2 is 1.67 bits per heavy atom. The molecule has 24 heavy (non-hydrogen) atoms. The fraction of sp³-hybridized carbons (Fsp3) is 0.500. The van der Waals surface area contributed by atoms with Crippen molar-refractivity contribution in [1.29, 1.82) is 0 Å². The molecule has 2 N–H and O–H groups in total. The minimum Gasteiger partial charge on any atom is -0.493 e. The van der Waals surface area contributed by atoms with Crippen molar-refractivity contribution in [2.75, 3.05) is 54.2 Å². The Bertz CT molecular complexity index is 535. The smallest absolute Gasteiger partial charge is 0.251 e. The average molecular weight is 340 g/mol. The average Bonchev–Trinajstić information content (AvgIpc) is 2.61. The van der Waals surface area contributed by atoms with Crippen molar-refractivity contribution in [3.05, 3.63) is 23.8 Å². The van der Waals surface area contributed by atoms with Crippen molar-refractivity contribution in [1.82, 2.24) is 10.6 Å². The summed E-state index contributed by atoms with van der Waals surface area (Å²) in [5.41, 5.74) is 0.446. The molecule has 8 nitrogen and oxygen atoms in total. The van der Waals surface area contributed by atoms with Gasteiger partial charge in [0.1, 0.15) is 6.61 Å². The van der Waals surface area contributed by atoms with Crippen molar-refractivity contribution in [3.63, 3.8) is 0 Å². The van der Waals surface area contributed by atoms with Crippen molar-refractivity contribution < 1.29 is 28.5 Å². The maximum absolute atomic E-state index is 12.0. The summed E-state index contributed by atoms with van der Waals surface area (Å²) in [5.74, 6) is 0.523. The predicted molar refractivity (Wildman–Crippen MR) is 87.6 cm³/mol. The SMILES string of the molecule is COCCOCC(=O)NCCNC(=O)c1ccc(OC)c(OC)c1. The van der Waals surface area contributed by atoms with Crippen LogP contribution in [0, 0.1) is 0 Å². The van der Waals surface area contributed by atoms with E-state index in [2.05, 4.69) is 10.6 Å². The second-order valence-electron chi connectivity index (χ2n) is 4.72. The first kappa shape index (κ1) is 19.7. The van der Waals surface area contributed by atoms with Gasteiger partial charge in [0.15, 0.2) is 11.5 Å². The predicted octanol–water partition coefficient (Wildman–Crippen LogP) is 0.213. The topological polar surface area (TPSA) is 95.1 Å². The number of hydrogen-bond acceptors (Lipinski definition) is 6. The first-order chi connectivity index (χ1) is 11.6. The molecule has 0 saturated heterocycles. The van der Waals surface area contributed by atoms with Crippen LogP contribution in [-0.2, 0) is 14.3 Å². The minimum atomic E-state index is -0.262. The molecule has 8 heteroatoms. The summed E-state index contributed by atoms with van der Waals surface area (Å²) in [6.45, 7) is 1.38. The summed E-state index contributed by atoms with van der Waals surface area (Å²) in [6.07, 6.45) is 0. The van der Waals surface area contributed by atoms with Crippen LogP contribution in [0.5, 0.6) is 11.5 Å². The van der Waals surface area contributed by atoms with Crippen LogP contribution in [0.4, 0.5) is 0 Å². The first-order valence-electron chi connectivity index (χ1n) is 7.46. The Balaban J connectivity index is 2.30. The number of carbonyl (C=O) groups excluding carboxylic acids is 2. The van der Waals surface area contributed by atoms with E-state index in [1.165, 1.54) is 14.2 Å². The summed E-state index contributed by atoms with van der Waals surface area (Å²) in [4.78, 5) is 23.5. The highest BCUT2D eigenvalue weighted by Gasteiger charge is 2.10. The van der Waals surface area contributed by atoms with Crippen LogP contribution in [-0.4, -0.2) is 66.1 Å². The molecule has 0 unspecified atom stereocenters. The van der Waals surface area contributed by atoms with Crippen molar-refractivity contribution in [2.45, 2.75) is 0 Å². The van der Waals surface area contributed by atoms with Gasteiger partial charge in [0.05, 0.1) is 27.4 Å². The first-order valence-corrected chi connectivity index (χ1v) is 7.46. The van der Waals surface area contributed by atoms with Gasteiger partial charge >= 0.3 is 0 Å². The van der Waals surface area contributed by atoms with E-state index >= 15 is 0 Å². The van der Waals surface area contributed by atoms with Crippen LogP contribution in [0.3, 0.4) is 0 Å². The van der Waals surface area contributed by atoms with Crippen molar-refractivity contribution in [2.24, 2.45) is 0 Å². The molecule has 1 aromatic rings. The number of benzene rings is 1. The Kier molecular flexibility index (Phi) is 9.25. The molecule has 2 amide bonds. The van der Waals surface area contributed by atoms with E-state index < -0.39 is 0 Å². The van der Waals surface area contributed by atoms with E-state index in [0.29, 0.717) is 43.4 Å².